The number of alkyl halides is 3. The summed E-state index contributed by atoms with van der Waals surface area (Å²) in [4.78, 5) is 22.1. The molecule has 0 atom stereocenters. The molecule has 0 aliphatic rings. The first-order valence-electron chi connectivity index (χ1n) is 7.35. The van der Waals surface area contributed by atoms with E-state index in [1.54, 1.807) is 6.07 Å². The summed E-state index contributed by atoms with van der Waals surface area (Å²) in [6.45, 7) is 0. The zero-order valence-corrected chi connectivity index (χ0v) is 12.6. The van der Waals surface area contributed by atoms with Crippen molar-refractivity contribution in [1.29, 1.82) is 0 Å². The van der Waals surface area contributed by atoms with E-state index >= 15 is 0 Å². The Labute approximate surface area is 140 Å². The van der Waals surface area contributed by atoms with E-state index < -0.39 is 22.9 Å². The van der Waals surface area contributed by atoms with Gasteiger partial charge in [-0.1, -0.05) is 17.3 Å². The molecular formula is C15H7F3N6O2. The number of pyridine rings is 1. The Morgan fingerprint density at radius 1 is 1.08 bits per heavy atom. The fourth-order valence-corrected chi connectivity index (χ4v) is 2.91. The van der Waals surface area contributed by atoms with Crippen LogP contribution < -0.4 is 5.56 Å². The number of hydrogen-bond acceptors (Lipinski definition) is 5. The van der Waals surface area contributed by atoms with Gasteiger partial charge < -0.3 is 14.5 Å². The van der Waals surface area contributed by atoms with Gasteiger partial charge in [0.2, 0.25) is 0 Å². The van der Waals surface area contributed by atoms with Crippen molar-refractivity contribution < 1.29 is 17.7 Å². The van der Waals surface area contributed by atoms with Gasteiger partial charge in [0.25, 0.3) is 11.3 Å². The Balaban J connectivity index is 1.82. The van der Waals surface area contributed by atoms with Crippen LogP contribution in [0.1, 0.15) is 5.76 Å². The molecule has 0 spiro atoms. The number of nitrogens with zero attached hydrogens (tertiary/aromatic N) is 3. The van der Waals surface area contributed by atoms with Gasteiger partial charge in [-0.3, -0.25) is 9.89 Å². The van der Waals surface area contributed by atoms with E-state index in [1.807, 2.05) is 18.2 Å². The van der Waals surface area contributed by atoms with E-state index in [1.165, 1.54) is 0 Å². The average Bonchev–Trinajstić information content (AvgIpc) is 3.29. The molecule has 5 rings (SSSR count). The Morgan fingerprint density at radius 2 is 1.88 bits per heavy atom. The van der Waals surface area contributed by atoms with E-state index in [9.17, 15) is 18.0 Å². The van der Waals surface area contributed by atoms with Crippen LogP contribution >= 0.6 is 0 Å². The van der Waals surface area contributed by atoms with Gasteiger partial charge in [-0.2, -0.15) is 18.3 Å². The van der Waals surface area contributed by atoms with Crippen LogP contribution in [-0.4, -0.2) is 30.3 Å². The number of H-pyrrole nitrogens is 3. The third-order valence-corrected chi connectivity index (χ3v) is 4.03. The molecule has 0 radical (unpaired) electrons. The summed E-state index contributed by atoms with van der Waals surface area (Å²) in [6, 6.07) is 7.26. The largest absolute Gasteiger partial charge is 0.453 e. The lowest BCUT2D eigenvalue weighted by molar-refractivity contribution is -0.154. The maximum absolute atomic E-state index is 13.0. The molecule has 0 amide bonds. The predicted octanol–water partition coefficient (Wildman–Crippen LogP) is 2.95. The van der Waals surface area contributed by atoms with Gasteiger partial charge in [0, 0.05) is 0 Å². The van der Waals surface area contributed by atoms with Crippen LogP contribution in [0.25, 0.3) is 44.5 Å². The summed E-state index contributed by atoms with van der Waals surface area (Å²) < 4.78 is 43.3. The van der Waals surface area contributed by atoms with Gasteiger partial charge in [-0.25, -0.2) is 4.98 Å². The molecule has 11 heteroatoms. The second-order valence-corrected chi connectivity index (χ2v) is 5.61. The molecule has 8 nitrogen and oxygen atoms in total. The van der Waals surface area contributed by atoms with Gasteiger partial charge in [0.1, 0.15) is 27.6 Å². The van der Waals surface area contributed by atoms with Crippen LogP contribution in [0, 0.1) is 0 Å². The first-order valence-corrected chi connectivity index (χ1v) is 7.35. The van der Waals surface area contributed by atoms with Crippen molar-refractivity contribution in [2.45, 2.75) is 6.18 Å². The summed E-state index contributed by atoms with van der Waals surface area (Å²) in [5.74, 6) is -1.08. The van der Waals surface area contributed by atoms with Crippen LogP contribution in [-0.2, 0) is 6.18 Å². The van der Waals surface area contributed by atoms with E-state index in [0.717, 1.165) is 5.52 Å². The standard InChI is InChI=1S/C15H7F3N6O2/c16-15(17,18)12-7-8(24-26-12)10-9(21-14(7)25)11(23-22-10)13-19-5-3-1-2-4-6(5)20-13/h1-4H,(H,19,20)(H,21,25)(H,22,23). The van der Waals surface area contributed by atoms with Crippen molar-refractivity contribution in [3.63, 3.8) is 0 Å². The fourth-order valence-electron chi connectivity index (χ4n) is 2.91. The van der Waals surface area contributed by atoms with Gasteiger partial charge in [0.05, 0.1) is 11.0 Å². The minimum atomic E-state index is -4.84. The number of hydrogen-bond donors (Lipinski definition) is 3. The lowest BCUT2D eigenvalue weighted by atomic mass is 10.2. The first-order chi connectivity index (χ1) is 12.4. The molecule has 4 aromatic heterocycles. The van der Waals surface area contributed by atoms with Crippen molar-refractivity contribution in [3.8, 4) is 11.5 Å². The molecule has 4 heterocycles. The smallest absolute Gasteiger partial charge is 0.350 e. The third kappa shape index (κ3) is 1.90. The SMILES string of the molecule is O=c1[nH]c2c(-c3nc4ccccc4[nH]3)[nH]nc2c2noc(C(F)(F)F)c12. The lowest BCUT2D eigenvalue weighted by Crippen LogP contribution is -2.12. The zero-order valence-electron chi connectivity index (χ0n) is 12.6. The Bertz CT molecular complexity index is 1320. The normalized spacial score (nSPS) is 12.6. The van der Waals surface area contributed by atoms with Crippen LogP contribution in [0.5, 0.6) is 0 Å². The second-order valence-electron chi connectivity index (χ2n) is 5.61. The predicted molar refractivity (Wildman–Crippen MR) is 84.4 cm³/mol. The minimum absolute atomic E-state index is 0.0503. The van der Waals surface area contributed by atoms with Crippen molar-refractivity contribution in [3.05, 3.63) is 40.4 Å². The average molecular weight is 360 g/mol. The van der Waals surface area contributed by atoms with Gasteiger partial charge in [-0.05, 0) is 12.1 Å². The number of imidazole rings is 1. The zero-order chi connectivity index (χ0) is 18.1. The summed E-state index contributed by atoms with van der Waals surface area (Å²) in [6.07, 6.45) is -4.84. The molecule has 0 saturated carbocycles. The maximum atomic E-state index is 13.0. The number of aromatic nitrogens is 6. The number of halogens is 3. The number of benzene rings is 1. The van der Waals surface area contributed by atoms with Gasteiger partial charge in [0.15, 0.2) is 5.82 Å². The highest BCUT2D eigenvalue weighted by Crippen LogP contribution is 2.35. The highest BCUT2D eigenvalue weighted by molar-refractivity contribution is 6.05. The Hall–Kier alpha value is -3.63. The van der Waals surface area contributed by atoms with Crippen molar-refractivity contribution in [2.75, 3.05) is 0 Å². The molecule has 0 bridgehead atoms. The second kappa shape index (κ2) is 4.71. The molecule has 0 fully saturated rings. The van der Waals surface area contributed by atoms with E-state index in [4.69, 9.17) is 0 Å². The van der Waals surface area contributed by atoms with Crippen LogP contribution in [0.2, 0.25) is 0 Å². The molecule has 3 N–H and O–H groups in total. The number of para-hydroxylation sites is 2. The van der Waals surface area contributed by atoms with E-state index in [-0.39, 0.29) is 16.6 Å². The van der Waals surface area contributed by atoms with Crippen molar-refractivity contribution in [2.24, 2.45) is 0 Å². The number of rotatable bonds is 1. The molecule has 130 valence electrons. The minimum Gasteiger partial charge on any atom is -0.350 e. The van der Waals surface area contributed by atoms with E-state index in [2.05, 4.69) is 34.8 Å². The number of fused-ring (bicyclic) bond motifs is 4. The molecule has 1 aromatic carbocycles. The molecule has 0 aliphatic heterocycles. The lowest BCUT2D eigenvalue weighted by Gasteiger charge is -2.00. The molecule has 0 unspecified atom stereocenters. The van der Waals surface area contributed by atoms with Crippen LogP contribution in [0.15, 0.2) is 33.6 Å². The molecule has 0 saturated heterocycles. The number of nitrogens with one attached hydrogen (secondary N) is 3. The molecule has 26 heavy (non-hydrogen) atoms. The Kier molecular flexibility index (Phi) is 2.66. The summed E-state index contributed by atoms with van der Waals surface area (Å²) >= 11 is 0. The monoisotopic (exact) mass is 360 g/mol. The van der Waals surface area contributed by atoms with Crippen LogP contribution in [0.4, 0.5) is 13.2 Å². The Morgan fingerprint density at radius 3 is 2.65 bits per heavy atom. The highest BCUT2D eigenvalue weighted by atomic mass is 19.4. The fraction of sp³-hybridized carbons (Fsp3) is 0.0667. The maximum Gasteiger partial charge on any atom is 0.453 e. The quantitative estimate of drug-likeness (QED) is 0.425. The molecule has 5 aromatic rings. The third-order valence-electron chi connectivity index (χ3n) is 4.03. The molecular weight excluding hydrogens is 353 g/mol. The first kappa shape index (κ1) is 14.7. The van der Waals surface area contributed by atoms with Crippen LogP contribution in [0.3, 0.4) is 0 Å². The summed E-state index contributed by atoms with van der Waals surface area (Å²) in [5.41, 5.74) is 0.767. The van der Waals surface area contributed by atoms with Crippen molar-refractivity contribution in [1.82, 2.24) is 30.3 Å². The van der Waals surface area contributed by atoms with Crippen molar-refractivity contribution >= 4 is 33.0 Å². The van der Waals surface area contributed by atoms with E-state index in [0.29, 0.717) is 17.0 Å². The summed E-state index contributed by atoms with van der Waals surface area (Å²) in [7, 11) is 0. The van der Waals surface area contributed by atoms with Gasteiger partial charge in [-0.15, -0.1) is 0 Å². The number of aromatic amines is 3. The summed E-state index contributed by atoms with van der Waals surface area (Å²) in [5, 5.41) is 9.37. The van der Waals surface area contributed by atoms with Gasteiger partial charge >= 0.3 is 6.18 Å². The highest BCUT2D eigenvalue weighted by Gasteiger charge is 2.40. The molecule has 0 aliphatic carbocycles. The topological polar surface area (TPSA) is 116 Å².